The Labute approximate surface area is 523 Å². The number of aromatic amines is 4. The van der Waals surface area contributed by atoms with Crippen LogP contribution in [0, 0.1) is 0 Å². The van der Waals surface area contributed by atoms with Gasteiger partial charge in [-0.05, 0) is 85.6 Å². The molecule has 4 aliphatic rings. The maximum atomic E-state index is 11.4. The molecule has 14 rings (SSSR count). The van der Waals surface area contributed by atoms with Gasteiger partial charge in [-0.1, -0.05) is 46.4 Å². The van der Waals surface area contributed by atoms with Crippen LogP contribution >= 0.6 is 46.4 Å². The van der Waals surface area contributed by atoms with Gasteiger partial charge < -0.3 is 45.3 Å². The SMILES string of the molecule is CC(=O)NCCN1CCN(c2cc(Cl)cc3[nH]ncc23)CC1.CNC(=O)NC1CCN(c2cc(Cl)cc3[nH]ncc23)CC1.Clc1cc(N2CCN(c3cccnc3)CC2)c2cn[nH]c2c1.Clc1cc(N2CCN(c3ccncc3)CC2)c2cn[nH]c2c1. The molecule has 22 nitrogen and oxygen atoms in total. The average molecular weight is 1260 g/mol. The number of piperazine rings is 3. The lowest BCUT2D eigenvalue weighted by Gasteiger charge is -2.37. The second-order valence-corrected chi connectivity index (χ2v) is 23.4. The van der Waals surface area contributed by atoms with E-state index in [9.17, 15) is 9.59 Å². The number of nitrogens with one attached hydrogen (secondary N) is 7. The molecule has 454 valence electrons. The van der Waals surface area contributed by atoms with Crippen LogP contribution in [0.5, 0.6) is 0 Å². The fourth-order valence-electron chi connectivity index (χ4n) is 11.7. The van der Waals surface area contributed by atoms with E-state index in [4.69, 9.17) is 46.4 Å². The number of piperidine rings is 1. The van der Waals surface area contributed by atoms with Crippen LogP contribution in [0.3, 0.4) is 0 Å². The molecule has 0 unspecified atom stereocenters. The number of hydrogen-bond acceptors (Lipinski definition) is 15. The molecule has 0 atom stereocenters. The molecule has 10 heterocycles. The molecule has 4 fully saturated rings. The molecule has 0 spiro atoms. The molecule has 26 heteroatoms. The third-order valence-electron chi connectivity index (χ3n) is 16.2. The number of halogens is 4. The molecular weight excluding hydrogens is 1190 g/mol. The number of rotatable bonds is 10. The second-order valence-electron chi connectivity index (χ2n) is 21.7. The van der Waals surface area contributed by atoms with E-state index in [0.717, 1.165) is 192 Å². The smallest absolute Gasteiger partial charge is 0.314 e. The van der Waals surface area contributed by atoms with Gasteiger partial charge in [0.15, 0.2) is 0 Å². The molecule has 3 amide bonds. The summed E-state index contributed by atoms with van der Waals surface area (Å²) in [5, 5.41) is 44.1. The topological polar surface area (TPSA) is 233 Å². The average Bonchev–Trinajstić information content (AvgIpc) is 3.00. The highest BCUT2D eigenvalue weighted by molar-refractivity contribution is 6.33. The van der Waals surface area contributed by atoms with Crippen LogP contribution in [-0.2, 0) is 4.79 Å². The van der Waals surface area contributed by atoms with Gasteiger partial charge in [-0.2, -0.15) is 20.4 Å². The predicted molar refractivity (Wildman–Crippen MR) is 352 cm³/mol. The Morgan fingerprint density at radius 3 is 1.26 bits per heavy atom. The van der Waals surface area contributed by atoms with Crippen molar-refractivity contribution in [1.82, 2.24) is 71.6 Å². The fourth-order valence-corrected chi connectivity index (χ4v) is 12.5. The van der Waals surface area contributed by atoms with Gasteiger partial charge in [-0.3, -0.25) is 40.1 Å². The highest BCUT2D eigenvalue weighted by Crippen LogP contribution is 2.35. The summed E-state index contributed by atoms with van der Waals surface area (Å²) in [6.07, 6.45) is 16.7. The highest BCUT2D eigenvalue weighted by atomic mass is 35.5. The van der Waals surface area contributed by atoms with E-state index < -0.39 is 0 Å². The lowest BCUT2D eigenvalue weighted by Crippen LogP contribution is -2.48. The first-order valence-corrected chi connectivity index (χ1v) is 30.7. The number of pyridine rings is 2. The third kappa shape index (κ3) is 15.1. The molecule has 0 radical (unpaired) electrons. The number of hydrogen-bond donors (Lipinski definition) is 7. The molecule has 0 bridgehead atoms. The van der Waals surface area contributed by atoms with E-state index in [-0.39, 0.29) is 18.0 Å². The Bertz CT molecular complexity index is 3730. The zero-order valence-corrected chi connectivity index (χ0v) is 51.5. The molecule has 0 aliphatic carbocycles. The van der Waals surface area contributed by atoms with Gasteiger partial charge in [0.2, 0.25) is 5.91 Å². The van der Waals surface area contributed by atoms with Gasteiger partial charge in [-0.25, -0.2) is 4.79 Å². The Kier molecular flexibility index (Phi) is 19.8. The summed E-state index contributed by atoms with van der Waals surface area (Å²) in [6.45, 7) is 16.5. The molecule has 4 aromatic carbocycles. The molecular formula is C61H70Cl4N20O2. The van der Waals surface area contributed by atoms with Crippen molar-refractivity contribution in [2.75, 3.05) is 141 Å². The maximum Gasteiger partial charge on any atom is 0.314 e. The number of H-pyrrole nitrogens is 4. The Hall–Kier alpha value is -8.28. The molecule has 0 saturated carbocycles. The lowest BCUT2D eigenvalue weighted by molar-refractivity contribution is -0.119. The molecule has 10 aromatic rings. The fraction of sp³-hybridized carbons (Fsp3) is 0.344. The van der Waals surface area contributed by atoms with Crippen LogP contribution in [0.25, 0.3) is 43.6 Å². The van der Waals surface area contributed by atoms with Gasteiger partial charge in [0.05, 0.1) is 58.7 Å². The van der Waals surface area contributed by atoms with Crippen molar-refractivity contribution in [2.45, 2.75) is 25.8 Å². The monoisotopic (exact) mass is 1250 g/mol. The maximum absolute atomic E-state index is 11.4. The molecule has 4 saturated heterocycles. The number of urea groups is 1. The minimum atomic E-state index is -0.117. The second kappa shape index (κ2) is 28.5. The predicted octanol–water partition coefficient (Wildman–Crippen LogP) is 9.46. The first-order valence-electron chi connectivity index (χ1n) is 29.2. The van der Waals surface area contributed by atoms with Crippen LogP contribution in [0.15, 0.2) is 122 Å². The van der Waals surface area contributed by atoms with Crippen LogP contribution in [0.4, 0.5) is 38.9 Å². The summed E-state index contributed by atoms with van der Waals surface area (Å²) in [5.74, 6) is 0.0277. The zero-order chi connectivity index (χ0) is 60.2. The van der Waals surface area contributed by atoms with Crippen LogP contribution in [0.1, 0.15) is 19.8 Å². The minimum absolute atomic E-state index is 0.0277. The molecule has 7 N–H and O–H groups in total. The summed E-state index contributed by atoms with van der Waals surface area (Å²) in [6, 6.07) is 24.0. The summed E-state index contributed by atoms with van der Waals surface area (Å²) < 4.78 is 0. The van der Waals surface area contributed by atoms with Crippen molar-refractivity contribution in [3.63, 3.8) is 0 Å². The van der Waals surface area contributed by atoms with Crippen molar-refractivity contribution >= 4 is 136 Å². The van der Waals surface area contributed by atoms with E-state index in [0.29, 0.717) is 11.6 Å². The molecule has 4 aliphatic heterocycles. The number of anilines is 6. The standard InChI is InChI=1S/2C16H16ClN5.C15H20ClN5O.C14H18ClN5O/c17-12-9-15-14(11-19-20-15)16(10-12)22-7-5-21(6-8-22)13-1-3-18-4-2-13;17-12-8-15-14(11-19-20-15)16(9-12)22-6-4-21(5-7-22)13-2-1-3-18-10-13;1-11(22)17-2-3-20-4-6-21(7-5-20)15-9-12(16)8-14-13(15)10-18-19-14;1-16-14(21)18-10-2-4-20(5-3-10)13-7-9(15)6-12-11(13)8-17-19-12/h1-4,9-11H,5-8H2,(H,19,20);1-3,8-11H,4-7H2,(H,19,20);8-10H,2-7H2,1H3,(H,17,22)(H,18,19);6-8,10H,2-5H2,1H3,(H,17,19)(H2,16,18,21). The number of benzene rings is 4. The first-order chi connectivity index (χ1) is 42.4. The largest absolute Gasteiger partial charge is 0.371 e. The van der Waals surface area contributed by atoms with Crippen molar-refractivity contribution in [3.05, 3.63) is 142 Å². The summed E-state index contributed by atoms with van der Waals surface area (Å²) in [4.78, 5) is 47.0. The minimum Gasteiger partial charge on any atom is -0.371 e. The number of carbonyl (C=O) groups is 2. The van der Waals surface area contributed by atoms with Crippen molar-refractivity contribution in [1.29, 1.82) is 0 Å². The first kappa shape index (κ1) is 60.4. The molecule has 87 heavy (non-hydrogen) atoms. The van der Waals surface area contributed by atoms with Gasteiger partial charge in [0.1, 0.15) is 0 Å². The van der Waals surface area contributed by atoms with Crippen LogP contribution in [0.2, 0.25) is 20.1 Å². The van der Waals surface area contributed by atoms with Crippen molar-refractivity contribution in [2.24, 2.45) is 0 Å². The van der Waals surface area contributed by atoms with Gasteiger partial charge in [-0.15, -0.1) is 0 Å². The third-order valence-corrected chi connectivity index (χ3v) is 17.1. The van der Waals surface area contributed by atoms with Gasteiger partial charge in [0, 0.05) is 213 Å². The summed E-state index contributed by atoms with van der Waals surface area (Å²) >= 11 is 24.8. The van der Waals surface area contributed by atoms with E-state index >= 15 is 0 Å². The van der Waals surface area contributed by atoms with Crippen molar-refractivity contribution < 1.29 is 9.59 Å². The van der Waals surface area contributed by atoms with Crippen LogP contribution in [-0.4, -0.2) is 185 Å². The number of carbonyl (C=O) groups excluding carboxylic acids is 2. The summed E-state index contributed by atoms with van der Waals surface area (Å²) in [7, 11) is 1.63. The summed E-state index contributed by atoms with van der Waals surface area (Å²) in [5.41, 5.74) is 10.8. The quantitative estimate of drug-likeness (QED) is 0.0676. The van der Waals surface area contributed by atoms with E-state index in [1.54, 1.807) is 20.2 Å². The Balaban J connectivity index is 0.000000120. The number of aromatic nitrogens is 10. The van der Waals surface area contributed by atoms with E-state index in [2.05, 4.69) is 119 Å². The number of nitrogens with zero attached hydrogens (tertiary/aromatic N) is 13. The Morgan fingerprint density at radius 1 is 0.483 bits per heavy atom. The number of amides is 3. The van der Waals surface area contributed by atoms with Crippen molar-refractivity contribution in [3.8, 4) is 0 Å². The highest BCUT2D eigenvalue weighted by Gasteiger charge is 2.25. The number of fused-ring (bicyclic) bond motifs is 4. The molecule has 6 aromatic heterocycles. The lowest BCUT2D eigenvalue weighted by atomic mass is 10.0. The van der Waals surface area contributed by atoms with Gasteiger partial charge >= 0.3 is 6.03 Å². The normalized spacial score (nSPS) is 15.8. The van der Waals surface area contributed by atoms with E-state index in [1.165, 1.54) is 11.4 Å². The van der Waals surface area contributed by atoms with Gasteiger partial charge in [0.25, 0.3) is 0 Å². The van der Waals surface area contributed by atoms with E-state index in [1.807, 2.05) is 98.0 Å². The zero-order valence-electron chi connectivity index (χ0n) is 48.5. The van der Waals surface area contributed by atoms with Crippen LogP contribution < -0.4 is 45.3 Å². The Morgan fingerprint density at radius 2 is 0.874 bits per heavy atom.